The van der Waals surface area contributed by atoms with Gasteiger partial charge in [-0.1, -0.05) is 23.7 Å². The molecule has 2 aromatic rings. The van der Waals surface area contributed by atoms with Crippen LogP contribution in [0.15, 0.2) is 40.2 Å². The molecule has 1 aromatic carbocycles. The van der Waals surface area contributed by atoms with Crippen molar-refractivity contribution in [1.29, 1.82) is 0 Å². The van der Waals surface area contributed by atoms with Crippen molar-refractivity contribution in [2.45, 2.75) is 19.0 Å². The summed E-state index contributed by atoms with van der Waals surface area (Å²) in [5.41, 5.74) is 7.32. The molecule has 5 heteroatoms. The third-order valence-electron chi connectivity index (χ3n) is 3.15. The van der Waals surface area contributed by atoms with Gasteiger partial charge in [-0.2, -0.15) is 0 Å². The fourth-order valence-electron chi connectivity index (χ4n) is 2.05. The topological polar surface area (TPSA) is 29.3 Å². The molecule has 0 saturated carbocycles. The van der Waals surface area contributed by atoms with Gasteiger partial charge in [0.25, 0.3) is 0 Å². The first-order chi connectivity index (χ1) is 9.54. The van der Waals surface area contributed by atoms with Gasteiger partial charge in [0, 0.05) is 38.9 Å². The van der Waals surface area contributed by atoms with Crippen molar-refractivity contribution in [2.75, 3.05) is 13.6 Å². The maximum Gasteiger partial charge on any atom is 0.0409 e. The Labute approximate surface area is 137 Å². The summed E-state index contributed by atoms with van der Waals surface area (Å²) in [6.07, 6.45) is 0.920. The molecule has 0 saturated heterocycles. The van der Waals surface area contributed by atoms with E-state index < -0.39 is 0 Å². The molecule has 1 unspecified atom stereocenters. The number of halogens is 2. The van der Waals surface area contributed by atoms with Gasteiger partial charge in [-0.05, 0) is 53.2 Å². The van der Waals surface area contributed by atoms with E-state index in [-0.39, 0.29) is 6.04 Å². The largest absolute Gasteiger partial charge is 0.324 e. The zero-order chi connectivity index (χ0) is 14.5. The minimum absolute atomic E-state index is 0.0335. The quantitative estimate of drug-likeness (QED) is 0.796. The van der Waals surface area contributed by atoms with Gasteiger partial charge in [-0.3, -0.25) is 0 Å². The molecule has 0 spiro atoms. The molecule has 1 heterocycles. The fourth-order valence-corrected chi connectivity index (χ4v) is 3.77. The summed E-state index contributed by atoms with van der Waals surface area (Å²) < 4.78 is 1.15. The number of nitrogens with two attached hydrogens (primary N) is 1. The Bertz CT molecular complexity index is 558. The minimum Gasteiger partial charge on any atom is -0.324 e. The second-order valence-electron chi connectivity index (χ2n) is 4.92. The highest BCUT2D eigenvalue weighted by atomic mass is 79.9. The lowest BCUT2D eigenvalue weighted by molar-refractivity contribution is 0.314. The summed E-state index contributed by atoms with van der Waals surface area (Å²) >= 11 is 11.2. The summed E-state index contributed by atoms with van der Waals surface area (Å²) in [5.74, 6) is 0. The van der Waals surface area contributed by atoms with E-state index in [2.05, 4.69) is 39.3 Å². The Hall–Kier alpha value is -0.390. The maximum atomic E-state index is 6.22. The van der Waals surface area contributed by atoms with Crippen molar-refractivity contribution in [3.05, 3.63) is 55.6 Å². The van der Waals surface area contributed by atoms with Crippen LogP contribution in [0.1, 0.15) is 22.9 Å². The average molecular weight is 374 g/mol. The summed E-state index contributed by atoms with van der Waals surface area (Å²) in [7, 11) is 2.12. The molecule has 1 aromatic heterocycles. The Morgan fingerprint density at radius 1 is 1.40 bits per heavy atom. The number of hydrogen-bond acceptors (Lipinski definition) is 3. The summed E-state index contributed by atoms with van der Waals surface area (Å²) in [5, 5.41) is 2.86. The molecule has 2 rings (SSSR count). The van der Waals surface area contributed by atoms with Gasteiger partial charge in [0.15, 0.2) is 0 Å². The molecule has 2 N–H and O–H groups in total. The number of thiophene rings is 1. The highest BCUT2D eigenvalue weighted by Gasteiger charge is 2.09. The van der Waals surface area contributed by atoms with Crippen molar-refractivity contribution >= 4 is 38.9 Å². The van der Waals surface area contributed by atoms with E-state index in [0.717, 1.165) is 34.6 Å². The average Bonchev–Trinajstić information content (AvgIpc) is 2.81. The van der Waals surface area contributed by atoms with Crippen LogP contribution in [0, 0.1) is 0 Å². The Kier molecular flexibility index (Phi) is 6.05. The number of nitrogens with zero attached hydrogens (tertiary/aromatic N) is 1. The lowest BCUT2D eigenvalue weighted by Crippen LogP contribution is -2.23. The van der Waals surface area contributed by atoms with Crippen molar-refractivity contribution < 1.29 is 0 Å². The number of hydrogen-bond donors (Lipinski definition) is 1. The highest BCUT2D eigenvalue weighted by molar-refractivity contribution is 9.10. The van der Waals surface area contributed by atoms with Crippen LogP contribution in [0.2, 0.25) is 5.02 Å². The molecule has 0 bridgehead atoms. The van der Waals surface area contributed by atoms with Crippen LogP contribution < -0.4 is 5.73 Å². The van der Waals surface area contributed by atoms with E-state index in [0.29, 0.717) is 0 Å². The van der Waals surface area contributed by atoms with E-state index in [1.54, 1.807) is 11.3 Å². The number of benzene rings is 1. The van der Waals surface area contributed by atoms with E-state index in [9.17, 15) is 0 Å². The van der Waals surface area contributed by atoms with Crippen LogP contribution >= 0.6 is 38.9 Å². The van der Waals surface area contributed by atoms with E-state index in [1.807, 2.05) is 24.3 Å². The summed E-state index contributed by atoms with van der Waals surface area (Å²) in [6.45, 7) is 1.92. The van der Waals surface area contributed by atoms with Gasteiger partial charge in [0.05, 0.1) is 0 Å². The Morgan fingerprint density at radius 2 is 2.20 bits per heavy atom. The molecule has 1 atom stereocenters. The molecule has 0 fully saturated rings. The Balaban J connectivity index is 1.82. The van der Waals surface area contributed by atoms with Crippen LogP contribution in [0.4, 0.5) is 0 Å². The van der Waals surface area contributed by atoms with Gasteiger partial charge >= 0.3 is 0 Å². The summed E-state index contributed by atoms with van der Waals surface area (Å²) in [4.78, 5) is 3.65. The molecule has 2 nitrogen and oxygen atoms in total. The van der Waals surface area contributed by atoms with Crippen LogP contribution in [-0.4, -0.2) is 18.5 Å². The van der Waals surface area contributed by atoms with E-state index in [4.69, 9.17) is 17.3 Å². The van der Waals surface area contributed by atoms with Gasteiger partial charge in [-0.25, -0.2) is 0 Å². The standard InChI is InChI=1S/C15H18BrClN2S/c1-19(9-14-8-12(16)10-20-14)6-5-15(18)11-3-2-4-13(17)7-11/h2-4,7-8,10,15H,5-6,9,18H2,1H3. The van der Waals surface area contributed by atoms with Crippen molar-refractivity contribution in [2.24, 2.45) is 5.73 Å². The molecular weight excluding hydrogens is 356 g/mol. The molecule has 0 radical (unpaired) electrons. The van der Waals surface area contributed by atoms with Crippen LogP contribution in [0.25, 0.3) is 0 Å². The summed E-state index contributed by atoms with van der Waals surface area (Å²) in [6, 6.07) is 10.0. The highest BCUT2D eigenvalue weighted by Crippen LogP contribution is 2.22. The predicted molar refractivity (Wildman–Crippen MR) is 91.4 cm³/mol. The minimum atomic E-state index is 0.0335. The molecular formula is C15H18BrClN2S. The maximum absolute atomic E-state index is 6.22. The first-order valence-corrected chi connectivity index (χ1v) is 8.52. The van der Waals surface area contributed by atoms with E-state index in [1.165, 1.54) is 4.88 Å². The predicted octanol–water partition coefficient (Wildman–Crippen LogP) is 4.69. The van der Waals surface area contributed by atoms with E-state index >= 15 is 0 Å². The SMILES string of the molecule is CN(CCC(N)c1cccc(Cl)c1)Cc1cc(Br)cs1. The second-order valence-corrected chi connectivity index (χ2v) is 7.27. The molecule has 0 aliphatic heterocycles. The van der Waals surface area contributed by atoms with Crippen molar-refractivity contribution in [3.63, 3.8) is 0 Å². The molecule has 0 aliphatic carbocycles. The van der Waals surface area contributed by atoms with Gasteiger partial charge in [0.1, 0.15) is 0 Å². The van der Waals surface area contributed by atoms with Crippen LogP contribution in [0.5, 0.6) is 0 Å². The fraction of sp³-hybridized carbons (Fsp3) is 0.333. The second kappa shape index (κ2) is 7.57. The normalized spacial score (nSPS) is 12.8. The van der Waals surface area contributed by atoms with Crippen molar-refractivity contribution in [3.8, 4) is 0 Å². The smallest absolute Gasteiger partial charge is 0.0409 e. The third-order valence-corrected chi connectivity index (χ3v) is 5.06. The zero-order valence-electron chi connectivity index (χ0n) is 11.4. The molecule has 0 aliphatic rings. The Morgan fingerprint density at radius 3 is 2.85 bits per heavy atom. The number of rotatable bonds is 6. The first-order valence-electron chi connectivity index (χ1n) is 6.47. The molecule has 20 heavy (non-hydrogen) atoms. The molecule has 108 valence electrons. The van der Waals surface area contributed by atoms with Gasteiger partial charge < -0.3 is 10.6 Å². The monoisotopic (exact) mass is 372 g/mol. The molecule has 0 amide bonds. The lowest BCUT2D eigenvalue weighted by atomic mass is 10.0. The van der Waals surface area contributed by atoms with Crippen LogP contribution in [0.3, 0.4) is 0 Å². The van der Waals surface area contributed by atoms with Crippen LogP contribution in [-0.2, 0) is 6.54 Å². The van der Waals surface area contributed by atoms with Gasteiger partial charge in [-0.15, -0.1) is 11.3 Å². The zero-order valence-corrected chi connectivity index (χ0v) is 14.5. The first kappa shape index (κ1) is 16.0. The van der Waals surface area contributed by atoms with Gasteiger partial charge in [0.2, 0.25) is 0 Å². The third kappa shape index (κ3) is 4.86. The van der Waals surface area contributed by atoms with Crippen molar-refractivity contribution in [1.82, 2.24) is 4.90 Å². The lowest BCUT2D eigenvalue weighted by Gasteiger charge is -2.19.